The van der Waals surface area contributed by atoms with Crippen LogP contribution < -0.4 is 0 Å². The molecule has 1 atom stereocenters. The minimum atomic E-state index is -0.868. The predicted molar refractivity (Wildman–Crippen MR) is 88.4 cm³/mol. The number of carbonyl (C=O) groups is 2. The van der Waals surface area contributed by atoms with E-state index in [-0.39, 0.29) is 19.1 Å². The molecule has 0 rings (SSSR count). The lowest BCUT2D eigenvalue weighted by Gasteiger charge is -2.19. The fourth-order valence-electron chi connectivity index (χ4n) is 2.44. The van der Waals surface area contributed by atoms with E-state index in [1.807, 2.05) is 13.0 Å². The summed E-state index contributed by atoms with van der Waals surface area (Å²) in [4.78, 5) is 24.2. The molecule has 0 aromatic heterocycles. The Morgan fingerprint density at radius 1 is 0.955 bits per heavy atom. The van der Waals surface area contributed by atoms with Crippen molar-refractivity contribution < 1.29 is 19.1 Å². The topological polar surface area (TPSA) is 52.6 Å². The zero-order valence-electron chi connectivity index (χ0n) is 14.8. The third-order valence-electron chi connectivity index (χ3n) is 3.66. The van der Waals surface area contributed by atoms with Crippen LogP contribution in [0.5, 0.6) is 0 Å². The van der Waals surface area contributed by atoms with Gasteiger partial charge in [-0.15, -0.1) is 0 Å². The molecule has 0 saturated carbocycles. The summed E-state index contributed by atoms with van der Waals surface area (Å²) >= 11 is 0. The van der Waals surface area contributed by atoms with E-state index >= 15 is 0 Å². The molecule has 0 saturated heterocycles. The number of unbranched alkanes of at least 4 members (excludes halogenated alkanes) is 2. The van der Waals surface area contributed by atoms with Gasteiger partial charge in [0.25, 0.3) is 0 Å². The monoisotopic (exact) mass is 312 g/mol. The van der Waals surface area contributed by atoms with Crippen molar-refractivity contribution in [1.29, 1.82) is 0 Å². The van der Waals surface area contributed by atoms with Crippen molar-refractivity contribution in [2.45, 2.75) is 66.7 Å². The number of hydrogen-bond donors (Lipinski definition) is 0. The van der Waals surface area contributed by atoms with Crippen LogP contribution in [0.1, 0.15) is 66.7 Å². The van der Waals surface area contributed by atoms with E-state index < -0.39 is 17.9 Å². The third kappa shape index (κ3) is 7.62. The van der Waals surface area contributed by atoms with E-state index in [4.69, 9.17) is 9.47 Å². The first-order valence-electron chi connectivity index (χ1n) is 8.54. The Kier molecular flexibility index (Phi) is 11.5. The minimum Gasteiger partial charge on any atom is -0.465 e. The SMILES string of the molecule is CCCCC/C(=C/C(C)C(C(=O)OCC)C(=O)OCC)CC. The van der Waals surface area contributed by atoms with Crippen LogP contribution in [0.25, 0.3) is 0 Å². The first kappa shape index (κ1) is 20.7. The van der Waals surface area contributed by atoms with Crippen molar-refractivity contribution in [2.75, 3.05) is 13.2 Å². The van der Waals surface area contributed by atoms with Gasteiger partial charge in [-0.05, 0) is 39.0 Å². The minimum absolute atomic E-state index is 0.213. The van der Waals surface area contributed by atoms with E-state index in [0.29, 0.717) is 0 Å². The highest BCUT2D eigenvalue weighted by Crippen LogP contribution is 2.22. The lowest BCUT2D eigenvalue weighted by Crippen LogP contribution is -2.32. The molecular weight excluding hydrogens is 280 g/mol. The number of hydrogen-bond acceptors (Lipinski definition) is 4. The summed E-state index contributed by atoms with van der Waals surface area (Å²) in [6, 6.07) is 0. The highest BCUT2D eigenvalue weighted by Gasteiger charge is 2.34. The van der Waals surface area contributed by atoms with Gasteiger partial charge >= 0.3 is 11.9 Å². The maximum Gasteiger partial charge on any atom is 0.320 e. The summed E-state index contributed by atoms with van der Waals surface area (Å²) in [7, 11) is 0. The van der Waals surface area contributed by atoms with Crippen molar-refractivity contribution in [3.05, 3.63) is 11.6 Å². The molecule has 0 aromatic carbocycles. The van der Waals surface area contributed by atoms with Gasteiger partial charge in [0.05, 0.1) is 13.2 Å². The molecular formula is C18H32O4. The van der Waals surface area contributed by atoms with Crippen LogP contribution in [-0.4, -0.2) is 25.2 Å². The van der Waals surface area contributed by atoms with Gasteiger partial charge in [0.15, 0.2) is 5.92 Å². The number of esters is 2. The van der Waals surface area contributed by atoms with Crippen LogP contribution in [0.2, 0.25) is 0 Å². The van der Waals surface area contributed by atoms with E-state index in [0.717, 1.165) is 19.3 Å². The zero-order valence-corrected chi connectivity index (χ0v) is 14.8. The number of rotatable bonds is 11. The molecule has 4 heteroatoms. The Morgan fingerprint density at radius 3 is 1.91 bits per heavy atom. The number of ether oxygens (including phenoxy) is 2. The van der Waals surface area contributed by atoms with E-state index in [1.54, 1.807) is 13.8 Å². The molecule has 128 valence electrons. The second kappa shape index (κ2) is 12.2. The fraction of sp³-hybridized carbons (Fsp3) is 0.778. The molecule has 0 amide bonds. The van der Waals surface area contributed by atoms with Gasteiger partial charge < -0.3 is 9.47 Å². The Bertz CT molecular complexity index is 342. The molecule has 4 nitrogen and oxygen atoms in total. The van der Waals surface area contributed by atoms with Crippen LogP contribution in [-0.2, 0) is 19.1 Å². The first-order valence-corrected chi connectivity index (χ1v) is 8.54. The van der Waals surface area contributed by atoms with E-state index in [1.165, 1.54) is 18.4 Å². The van der Waals surface area contributed by atoms with Crippen molar-refractivity contribution in [1.82, 2.24) is 0 Å². The van der Waals surface area contributed by atoms with Gasteiger partial charge in [-0.2, -0.15) is 0 Å². The van der Waals surface area contributed by atoms with Gasteiger partial charge in [0.2, 0.25) is 0 Å². The van der Waals surface area contributed by atoms with Crippen molar-refractivity contribution in [3.8, 4) is 0 Å². The number of allylic oxidation sites excluding steroid dienone is 2. The summed E-state index contributed by atoms with van der Waals surface area (Å²) in [5, 5.41) is 0. The zero-order chi connectivity index (χ0) is 17.0. The van der Waals surface area contributed by atoms with Crippen LogP contribution >= 0.6 is 0 Å². The Morgan fingerprint density at radius 2 is 1.50 bits per heavy atom. The van der Waals surface area contributed by atoms with E-state index in [9.17, 15) is 9.59 Å². The highest BCUT2D eigenvalue weighted by atomic mass is 16.6. The molecule has 0 radical (unpaired) electrons. The highest BCUT2D eigenvalue weighted by molar-refractivity contribution is 5.95. The van der Waals surface area contributed by atoms with Crippen LogP contribution in [0.4, 0.5) is 0 Å². The predicted octanol–water partition coefficient (Wildman–Crippen LogP) is 4.28. The first-order chi connectivity index (χ1) is 10.5. The molecule has 0 N–H and O–H groups in total. The molecule has 0 aliphatic heterocycles. The molecule has 0 aromatic rings. The Balaban J connectivity index is 5.01. The van der Waals surface area contributed by atoms with Crippen molar-refractivity contribution in [3.63, 3.8) is 0 Å². The maximum atomic E-state index is 12.1. The normalized spacial score (nSPS) is 13.1. The van der Waals surface area contributed by atoms with E-state index in [2.05, 4.69) is 13.8 Å². The molecule has 1 unspecified atom stereocenters. The van der Waals surface area contributed by atoms with Gasteiger partial charge in [-0.3, -0.25) is 9.59 Å². The van der Waals surface area contributed by atoms with Gasteiger partial charge in [-0.1, -0.05) is 45.3 Å². The van der Waals surface area contributed by atoms with Crippen LogP contribution in [0.15, 0.2) is 11.6 Å². The largest absolute Gasteiger partial charge is 0.465 e. The molecule has 0 aliphatic carbocycles. The maximum absolute atomic E-state index is 12.1. The van der Waals surface area contributed by atoms with Crippen molar-refractivity contribution >= 4 is 11.9 Å². The Hall–Kier alpha value is -1.32. The number of carbonyl (C=O) groups excluding carboxylic acids is 2. The molecule has 22 heavy (non-hydrogen) atoms. The second-order valence-corrected chi connectivity index (χ2v) is 5.48. The second-order valence-electron chi connectivity index (χ2n) is 5.48. The van der Waals surface area contributed by atoms with Crippen LogP contribution in [0, 0.1) is 11.8 Å². The molecule has 0 spiro atoms. The molecule has 0 fully saturated rings. The smallest absolute Gasteiger partial charge is 0.320 e. The van der Waals surface area contributed by atoms with Gasteiger partial charge in [-0.25, -0.2) is 0 Å². The van der Waals surface area contributed by atoms with Gasteiger partial charge in [0, 0.05) is 0 Å². The summed E-state index contributed by atoms with van der Waals surface area (Å²) in [5.74, 6) is -2.07. The summed E-state index contributed by atoms with van der Waals surface area (Å²) in [6.45, 7) is 10.2. The lowest BCUT2D eigenvalue weighted by atomic mass is 9.90. The molecule has 0 bridgehead atoms. The van der Waals surface area contributed by atoms with Crippen molar-refractivity contribution in [2.24, 2.45) is 11.8 Å². The quantitative estimate of drug-likeness (QED) is 0.247. The van der Waals surface area contributed by atoms with Gasteiger partial charge in [0.1, 0.15) is 0 Å². The average molecular weight is 312 g/mol. The molecule has 0 heterocycles. The third-order valence-corrected chi connectivity index (χ3v) is 3.66. The standard InChI is InChI=1S/C18H32O4/c1-6-10-11-12-15(7-2)13-14(5)16(17(19)21-8-3)18(20)22-9-4/h13-14,16H,6-12H2,1-5H3/b15-13+. The fourth-order valence-corrected chi connectivity index (χ4v) is 2.44. The van der Waals surface area contributed by atoms with Crippen LogP contribution in [0.3, 0.4) is 0 Å². The summed E-state index contributed by atoms with van der Waals surface area (Å²) < 4.78 is 10.1. The lowest BCUT2D eigenvalue weighted by molar-refractivity contribution is -0.163. The summed E-state index contributed by atoms with van der Waals surface area (Å²) in [5.41, 5.74) is 1.29. The summed E-state index contributed by atoms with van der Waals surface area (Å²) in [6.07, 6.45) is 7.53. The average Bonchev–Trinajstić information content (AvgIpc) is 2.47. The Labute approximate surface area is 135 Å². The molecule has 0 aliphatic rings.